The topological polar surface area (TPSA) is 18.5 Å². The van der Waals surface area contributed by atoms with Gasteiger partial charge in [0.1, 0.15) is 0 Å². The molecule has 2 rings (SSSR count). The Balaban J connectivity index is 1.85. The highest BCUT2D eigenvalue weighted by Crippen LogP contribution is 2.26. The smallest absolute Gasteiger partial charge is 0.407 e. The molecule has 0 aromatic heterocycles. The van der Waals surface area contributed by atoms with Gasteiger partial charge in [-0.25, -0.2) is 0 Å². The fourth-order valence-electron chi connectivity index (χ4n) is 2.17. The molecule has 3 heteroatoms. The van der Waals surface area contributed by atoms with Crippen LogP contribution in [0.5, 0.6) is 0 Å². The summed E-state index contributed by atoms with van der Waals surface area (Å²) >= 11 is 0. The quantitative estimate of drug-likeness (QED) is 0.616. The first-order chi connectivity index (χ1) is 7.16. The third-order valence-corrected chi connectivity index (χ3v) is 3.14. The van der Waals surface area contributed by atoms with Crippen LogP contribution in [-0.4, -0.2) is 20.3 Å². The summed E-state index contributed by atoms with van der Waals surface area (Å²) in [5, 5.41) is 0. The molecule has 0 aromatic carbocycles. The van der Waals surface area contributed by atoms with E-state index in [1.165, 1.54) is 37.7 Å². The summed E-state index contributed by atoms with van der Waals surface area (Å²) in [6.07, 6.45) is 6.55. The van der Waals surface area contributed by atoms with E-state index in [0.717, 1.165) is 13.2 Å². The molecule has 2 nitrogen and oxygen atoms in total. The van der Waals surface area contributed by atoms with Crippen molar-refractivity contribution in [2.45, 2.75) is 46.0 Å². The predicted molar refractivity (Wildman–Crippen MR) is 62.6 cm³/mol. The molecule has 2 aliphatic rings. The van der Waals surface area contributed by atoms with Crippen LogP contribution in [0.2, 0.25) is 0 Å². The first-order valence-electron chi connectivity index (χ1n) is 6.08. The fourth-order valence-corrected chi connectivity index (χ4v) is 2.17. The van der Waals surface area contributed by atoms with Crippen molar-refractivity contribution < 1.29 is 9.31 Å². The molecule has 1 saturated heterocycles. The highest BCUT2D eigenvalue weighted by Gasteiger charge is 2.30. The molecule has 0 aromatic rings. The Labute approximate surface area is 93.2 Å². The van der Waals surface area contributed by atoms with Crippen molar-refractivity contribution in [2.75, 3.05) is 13.2 Å². The molecule has 0 spiro atoms. The molecule has 1 aliphatic heterocycles. The average molecular weight is 208 g/mol. The minimum absolute atomic E-state index is 0.0777. The minimum Gasteiger partial charge on any atom is -0.407 e. The van der Waals surface area contributed by atoms with E-state index in [0.29, 0.717) is 0 Å². The third kappa shape index (κ3) is 3.35. The van der Waals surface area contributed by atoms with Crippen molar-refractivity contribution in [2.24, 2.45) is 5.41 Å². The van der Waals surface area contributed by atoms with Crippen LogP contribution in [0, 0.1) is 5.41 Å². The normalized spacial score (nSPS) is 26.5. The van der Waals surface area contributed by atoms with Gasteiger partial charge in [0.25, 0.3) is 0 Å². The number of hydrogen-bond donors (Lipinski definition) is 0. The van der Waals surface area contributed by atoms with Crippen molar-refractivity contribution in [1.29, 1.82) is 0 Å². The molecule has 15 heavy (non-hydrogen) atoms. The van der Waals surface area contributed by atoms with Crippen LogP contribution in [0.25, 0.3) is 0 Å². The standard InChI is InChI=1S/C12H21BO2/c1-12(2)9-14-13(15-10-12)8-11-6-4-3-5-7-11/h8H,3-7,9-10H2,1-2H3. The predicted octanol–water partition coefficient (Wildman–Crippen LogP) is 2.98. The second-order valence-corrected chi connectivity index (χ2v) is 5.54. The van der Waals surface area contributed by atoms with Gasteiger partial charge in [0.05, 0.1) is 0 Å². The van der Waals surface area contributed by atoms with Gasteiger partial charge >= 0.3 is 7.12 Å². The average Bonchev–Trinajstić information content (AvgIpc) is 2.23. The highest BCUT2D eigenvalue weighted by atomic mass is 16.6. The highest BCUT2D eigenvalue weighted by molar-refractivity contribution is 6.51. The van der Waals surface area contributed by atoms with Gasteiger partial charge in [-0.2, -0.15) is 0 Å². The molecular formula is C12H21BO2. The molecule has 1 aliphatic carbocycles. The van der Waals surface area contributed by atoms with Gasteiger partial charge in [0, 0.05) is 18.6 Å². The second kappa shape index (κ2) is 4.71. The Hall–Kier alpha value is -0.275. The maximum Gasteiger partial charge on any atom is 0.486 e. The Morgan fingerprint density at radius 1 is 1.07 bits per heavy atom. The van der Waals surface area contributed by atoms with Crippen LogP contribution in [0.3, 0.4) is 0 Å². The number of allylic oxidation sites excluding steroid dienone is 1. The molecule has 0 amide bonds. The molecule has 1 heterocycles. The van der Waals surface area contributed by atoms with Gasteiger partial charge in [-0.3, -0.25) is 0 Å². The van der Waals surface area contributed by atoms with E-state index < -0.39 is 0 Å². The zero-order valence-corrected chi connectivity index (χ0v) is 9.92. The van der Waals surface area contributed by atoms with Crippen LogP contribution < -0.4 is 0 Å². The van der Waals surface area contributed by atoms with E-state index in [-0.39, 0.29) is 12.5 Å². The van der Waals surface area contributed by atoms with E-state index >= 15 is 0 Å². The largest absolute Gasteiger partial charge is 0.486 e. The molecule has 84 valence electrons. The summed E-state index contributed by atoms with van der Waals surface area (Å²) in [4.78, 5) is 0. The zero-order valence-electron chi connectivity index (χ0n) is 9.92. The SMILES string of the molecule is CC1(C)COB(C=C2CCCCC2)OC1. The Bertz CT molecular complexity index is 230. The van der Waals surface area contributed by atoms with Gasteiger partial charge in [-0.05, 0) is 25.7 Å². The van der Waals surface area contributed by atoms with Crippen LogP contribution in [-0.2, 0) is 9.31 Å². The number of rotatable bonds is 1. The Kier molecular flexibility index (Phi) is 3.52. The van der Waals surface area contributed by atoms with Gasteiger partial charge in [-0.15, -0.1) is 0 Å². The summed E-state index contributed by atoms with van der Waals surface area (Å²) < 4.78 is 11.4. The minimum atomic E-state index is -0.0777. The maximum absolute atomic E-state index is 5.70. The van der Waals surface area contributed by atoms with E-state index in [4.69, 9.17) is 9.31 Å². The van der Waals surface area contributed by atoms with E-state index in [1.54, 1.807) is 0 Å². The first kappa shape index (κ1) is 11.2. The van der Waals surface area contributed by atoms with Crippen molar-refractivity contribution in [1.82, 2.24) is 0 Å². The third-order valence-electron chi connectivity index (χ3n) is 3.14. The second-order valence-electron chi connectivity index (χ2n) is 5.54. The van der Waals surface area contributed by atoms with Crippen LogP contribution in [0.15, 0.2) is 11.5 Å². The lowest BCUT2D eigenvalue weighted by atomic mass is 9.79. The molecule has 1 saturated carbocycles. The monoisotopic (exact) mass is 208 g/mol. The lowest BCUT2D eigenvalue weighted by Gasteiger charge is -2.32. The Morgan fingerprint density at radius 2 is 1.67 bits per heavy atom. The van der Waals surface area contributed by atoms with Gasteiger partial charge in [0.15, 0.2) is 0 Å². The van der Waals surface area contributed by atoms with Crippen molar-refractivity contribution in [3.8, 4) is 0 Å². The van der Waals surface area contributed by atoms with E-state index in [1.807, 2.05) is 0 Å². The fraction of sp³-hybridized carbons (Fsp3) is 0.833. The summed E-state index contributed by atoms with van der Waals surface area (Å²) in [5.74, 6) is 2.20. The van der Waals surface area contributed by atoms with Crippen LogP contribution in [0.4, 0.5) is 0 Å². The molecular weight excluding hydrogens is 187 g/mol. The summed E-state index contributed by atoms with van der Waals surface area (Å²) in [6.45, 7) is 5.97. The molecule has 0 atom stereocenters. The lowest BCUT2D eigenvalue weighted by molar-refractivity contribution is 0.0334. The van der Waals surface area contributed by atoms with E-state index in [9.17, 15) is 0 Å². The molecule has 0 bridgehead atoms. The summed E-state index contributed by atoms with van der Waals surface area (Å²) in [5.41, 5.74) is 1.72. The Morgan fingerprint density at radius 3 is 2.27 bits per heavy atom. The van der Waals surface area contributed by atoms with Gasteiger partial charge in [-0.1, -0.05) is 31.8 Å². The molecule has 0 radical (unpaired) electrons. The van der Waals surface area contributed by atoms with Gasteiger partial charge < -0.3 is 9.31 Å². The van der Waals surface area contributed by atoms with Crippen molar-refractivity contribution in [3.63, 3.8) is 0 Å². The first-order valence-corrected chi connectivity index (χ1v) is 6.08. The molecule has 2 fully saturated rings. The number of hydrogen-bond acceptors (Lipinski definition) is 2. The lowest BCUT2D eigenvalue weighted by Crippen LogP contribution is -2.40. The molecule has 0 N–H and O–H groups in total. The molecule has 0 unspecified atom stereocenters. The summed E-state index contributed by atoms with van der Waals surface area (Å²) in [6, 6.07) is 0. The van der Waals surface area contributed by atoms with Gasteiger partial charge in [0.2, 0.25) is 0 Å². The van der Waals surface area contributed by atoms with Crippen LogP contribution >= 0.6 is 0 Å². The maximum atomic E-state index is 5.70. The zero-order chi connectivity index (χ0) is 10.7. The summed E-state index contributed by atoms with van der Waals surface area (Å²) in [7, 11) is -0.0777. The van der Waals surface area contributed by atoms with E-state index in [2.05, 4.69) is 19.8 Å². The van der Waals surface area contributed by atoms with Crippen LogP contribution in [0.1, 0.15) is 46.0 Å². The van der Waals surface area contributed by atoms with Crippen molar-refractivity contribution >= 4 is 7.12 Å². The van der Waals surface area contributed by atoms with Crippen molar-refractivity contribution in [3.05, 3.63) is 11.5 Å².